The van der Waals surface area contributed by atoms with E-state index in [2.05, 4.69) is 60.2 Å². The molecule has 0 fully saturated rings. The predicted molar refractivity (Wildman–Crippen MR) is 94.1 cm³/mol. The number of hydrogen-bond acceptors (Lipinski definition) is 3. The second-order valence-corrected chi connectivity index (χ2v) is 7.15. The van der Waals surface area contributed by atoms with Crippen LogP contribution < -0.4 is 4.74 Å². The number of nitrogens with zero attached hydrogens (tertiary/aromatic N) is 2. The van der Waals surface area contributed by atoms with Crippen molar-refractivity contribution in [3.63, 3.8) is 0 Å². The molecule has 3 aromatic rings. The van der Waals surface area contributed by atoms with Gasteiger partial charge in [0.25, 0.3) is 0 Å². The van der Waals surface area contributed by atoms with Gasteiger partial charge in [0.15, 0.2) is 0 Å². The van der Waals surface area contributed by atoms with Crippen molar-refractivity contribution >= 4 is 0 Å². The molecular formula is C21H18N2O. The van der Waals surface area contributed by atoms with Gasteiger partial charge in [-0.3, -0.25) is 0 Å². The molecule has 24 heavy (non-hydrogen) atoms. The van der Waals surface area contributed by atoms with Crippen LogP contribution in [0.1, 0.15) is 36.2 Å². The number of aromatic nitrogens is 2. The van der Waals surface area contributed by atoms with E-state index in [1.165, 1.54) is 33.4 Å². The zero-order valence-corrected chi connectivity index (χ0v) is 14.1. The first-order valence-corrected chi connectivity index (χ1v) is 8.30. The lowest BCUT2D eigenvalue weighted by atomic mass is 9.78. The van der Waals surface area contributed by atoms with Gasteiger partial charge in [-0.15, -0.1) is 0 Å². The van der Waals surface area contributed by atoms with E-state index in [1.807, 2.05) is 13.1 Å². The molecule has 2 aliphatic rings. The van der Waals surface area contributed by atoms with Crippen molar-refractivity contribution in [3.05, 3.63) is 65.0 Å². The molecule has 3 heteroatoms. The van der Waals surface area contributed by atoms with Crippen LogP contribution in [0.15, 0.2) is 42.6 Å². The second kappa shape index (κ2) is 4.44. The molecule has 0 saturated carbocycles. The third-order valence-electron chi connectivity index (χ3n) is 5.27. The van der Waals surface area contributed by atoms with Gasteiger partial charge in [-0.1, -0.05) is 50.2 Å². The first kappa shape index (κ1) is 13.7. The van der Waals surface area contributed by atoms with Gasteiger partial charge < -0.3 is 4.74 Å². The Morgan fingerprint density at radius 3 is 2.75 bits per heavy atom. The predicted octanol–water partition coefficient (Wildman–Crippen LogP) is 4.65. The fraction of sp³-hybridized carbons (Fsp3) is 0.238. The Morgan fingerprint density at radius 2 is 1.88 bits per heavy atom. The Morgan fingerprint density at radius 1 is 1.04 bits per heavy atom. The molecule has 0 spiro atoms. The van der Waals surface area contributed by atoms with Gasteiger partial charge in [0.05, 0.1) is 5.69 Å². The van der Waals surface area contributed by atoms with Crippen LogP contribution in [-0.4, -0.2) is 9.97 Å². The SMILES string of the molecule is Cc1cnc2c(n1)OCc1ccc3c(c1-2)C(C)(C)c1ccccc1-3. The van der Waals surface area contributed by atoms with Crippen molar-refractivity contribution in [3.8, 4) is 28.3 Å². The van der Waals surface area contributed by atoms with E-state index < -0.39 is 0 Å². The van der Waals surface area contributed by atoms with Crippen LogP contribution in [0.5, 0.6) is 5.88 Å². The monoisotopic (exact) mass is 314 g/mol. The molecule has 5 rings (SSSR count). The lowest BCUT2D eigenvalue weighted by Crippen LogP contribution is -2.19. The van der Waals surface area contributed by atoms with E-state index in [4.69, 9.17) is 4.74 Å². The maximum atomic E-state index is 5.86. The molecule has 2 heterocycles. The number of rotatable bonds is 0. The highest BCUT2D eigenvalue weighted by Crippen LogP contribution is 2.54. The lowest BCUT2D eigenvalue weighted by Gasteiger charge is -2.28. The van der Waals surface area contributed by atoms with Gasteiger partial charge in [-0.2, -0.15) is 0 Å². The highest BCUT2D eigenvalue weighted by Gasteiger charge is 2.40. The maximum Gasteiger partial charge on any atom is 0.241 e. The molecule has 1 aliphatic carbocycles. The number of aryl methyl sites for hydroxylation is 1. The van der Waals surface area contributed by atoms with E-state index in [1.54, 1.807) is 0 Å². The Bertz CT molecular complexity index is 1000. The molecule has 118 valence electrons. The van der Waals surface area contributed by atoms with Gasteiger partial charge in [0.1, 0.15) is 12.3 Å². The topological polar surface area (TPSA) is 35.0 Å². The summed E-state index contributed by atoms with van der Waals surface area (Å²) in [6, 6.07) is 13.1. The molecule has 3 nitrogen and oxygen atoms in total. The molecule has 0 radical (unpaired) electrons. The van der Waals surface area contributed by atoms with E-state index in [-0.39, 0.29) is 5.41 Å². The molecule has 0 saturated heterocycles. The average molecular weight is 314 g/mol. The molecule has 0 amide bonds. The summed E-state index contributed by atoms with van der Waals surface area (Å²) in [6.07, 6.45) is 1.83. The maximum absolute atomic E-state index is 5.86. The van der Waals surface area contributed by atoms with Gasteiger partial charge in [0.2, 0.25) is 5.88 Å². The summed E-state index contributed by atoms with van der Waals surface area (Å²) in [4.78, 5) is 9.23. The Balaban J connectivity index is 1.88. The summed E-state index contributed by atoms with van der Waals surface area (Å²) < 4.78 is 5.86. The number of hydrogen-bond donors (Lipinski definition) is 0. The third-order valence-corrected chi connectivity index (χ3v) is 5.27. The van der Waals surface area contributed by atoms with Crippen molar-refractivity contribution in [1.82, 2.24) is 9.97 Å². The molecule has 0 unspecified atom stereocenters. The van der Waals surface area contributed by atoms with Crippen molar-refractivity contribution in [1.29, 1.82) is 0 Å². The molecule has 1 aromatic heterocycles. The Kier molecular flexibility index (Phi) is 2.54. The minimum atomic E-state index is -0.0571. The first-order valence-electron chi connectivity index (χ1n) is 8.30. The zero-order chi connectivity index (χ0) is 16.5. The molecule has 0 bridgehead atoms. The highest BCUT2D eigenvalue weighted by molar-refractivity contribution is 5.90. The second-order valence-electron chi connectivity index (χ2n) is 7.15. The van der Waals surface area contributed by atoms with Crippen LogP contribution in [0.25, 0.3) is 22.4 Å². The van der Waals surface area contributed by atoms with Crippen LogP contribution in [0.3, 0.4) is 0 Å². The summed E-state index contributed by atoms with van der Waals surface area (Å²) in [5, 5.41) is 0. The van der Waals surface area contributed by atoms with Crippen molar-refractivity contribution in [2.45, 2.75) is 32.8 Å². The number of benzene rings is 2. The van der Waals surface area contributed by atoms with E-state index in [0.29, 0.717) is 12.5 Å². The minimum absolute atomic E-state index is 0.0571. The third kappa shape index (κ3) is 1.62. The van der Waals surface area contributed by atoms with Gasteiger partial charge in [-0.25, -0.2) is 9.97 Å². The van der Waals surface area contributed by atoms with Crippen LogP contribution >= 0.6 is 0 Å². The summed E-state index contributed by atoms with van der Waals surface area (Å²) in [7, 11) is 0. The van der Waals surface area contributed by atoms with Crippen LogP contribution in [-0.2, 0) is 12.0 Å². The quantitative estimate of drug-likeness (QED) is 0.606. The molecule has 1 aliphatic heterocycles. The van der Waals surface area contributed by atoms with Gasteiger partial charge in [0, 0.05) is 17.2 Å². The normalized spacial score (nSPS) is 15.8. The smallest absolute Gasteiger partial charge is 0.241 e. The summed E-state index contributed by atoms with van der Waals surface area (Å²) >= 11 is 0. The summed E-state index contributed by atoms with van der Waals surface area (Å²) in [5.41, 5.74) is 9.47. The fourth-order valence-electron chi connectivity index (χ4n) is 4.18. The molecule has 0 N–H and O–H groups in total. The lowest BCUT2D eigenvalue weighted by molar-refractivity contribution is 0.287. The zero-order valence-electron chi connectivity index (χ0n) is 14.1. The Hall–Kier alpha value is -2.68. The van der Waals surface area contributed by atoms with Gasteiger partial charge >= 0.3 is 0 Å². The van der Waals surface area contributed by atoms with Crippen LogP contribution in [0, 0.1) is 6.92 Å². The Labute approximate surface area is 141 Å². The van der Waals surface area contributed by atoms with Crippen molar-refractivity contribution < 1.29 is 4.74 Å². The number of ether oxygens (including phenoxy) is 1. The van der Waals surface area contributed by atoms with Gasteiger partial charge in [-0.05, 0) is 34.7 Å². The van der Waals surface area contributed by atoms with Crippen molar-refractivity contribution in [2.24, 2.45) is 0 Å². The van der Waals surface area contributed by atoms with E-state index in [9.17, 15) is 0 Å². The minimum Gasteiger partial charge on any atom is -0.471 e. The summed E-state index contributed by atoms with van der Waals surface area (Å²) in [5.74, 6) is 0.655. The van der Waals surface area contributed by atoms with Crippen LogP contribution in [0.2, 0.25) is 0 Å². The molecular weight excluding hydrogens is 296 g/mol. The average Bonchev–Trinajstić information content (AvgIpc) is 2.82. The first-order chi connectivity index (χ1) is 11.6. The summed E-state index contributed by atoms with van der Waals surface area (Å²) in [6.45, 7) is 7.10. The standard InChI is InChI=1S/C21H18N2O/c1-12-10-22-19-17-13(11-24-20(19)23-12)8-9-15-14-6-4-5-7-16(14)21(2,3)18(15)17/h4-10H,11H2,1-3H3. The molecule has 0 atom stereocenters. The highest BCUT2D eigenvalue weighted by atomic mass is 16.5. The van der Waals surface area contributed by atoms with E-state index >= 15 is 0 Å². The number of fused-ring (bicyclic) bond motifs is 7. The van der Waals surface area contributed by atoms with Crippen LogP contribution in [0.4, 0.5) is 0 Å². The van der Waals surface area contributed by atoms with Crippen molar-refractivity contribution in [2.75, 3.05) is 0 Å². The molecule has 2 aromatic carbocycles. The largest absolute Gasteiger partial charge is 0.471 e. The van der Waals surface area contributed by atoms with E-state index in [0.717, 1.165) is 11.4 Å². The fourth-order valence-corrected chi connectivity index (χ4v) is 4.18.